The van der Waals surface area contributed by atoms with Crippen LogP contribution in [0.1, 0.15) is 27.7 Å². The van der Waals surface area contributed by atoms with Crippen LogP contribution < -0.4 is 5.32 Å². The number of thiophene rings is 2. The maximum absolute atomic E-state index is 11.4. The topological polar surface area (TPSA) is 58.6 Å². The molecule has 0 saturated carbocycles. The van der Waals surface area contributed by atoms with Gasteiger partial charge in [-0.3, -0.25) is 4.79 Å². The van der Waals surface area contributed by atoms with E-state index in [9.17, 15) is 9.90 Å². The van der Waals surface area contributed by atoms with Crippen LogP contribution in [0, 0.1) is 0 Å². The molecule has 0 bridgehead atoms. The Labute approximate surface area is 126 Å². The number of amides is 1. The van der Waals surface area contributed by atoms with Gasteiger partial charge in [0.05, 0.1) is 6.54 Å². The molecule has 0 aromatic carbocycles. The van der Waals surface area contributed by atoms with E-state index in [4.69, 9.17) is 4.74 Å². The monoisotopic (exact) mass is 311 g/mol. The number of hydrogen-bond acceptors (Lipinski definition) is 5. The van der Waals surface area contributed by atoms with Crippen LogP contribution in [-0.2, 0) is 16.1 Å². The first-order chi connectivity index (χ1) is 9.70. The Morgan fingerprint density at radius 1 is 1.40 bits per heavy atom. The summed E-state index contributed by atoms with van der Waals surface area (Å²) >= 11 is 3.04. The maximum Gasteiger partial charge on any atom is 0.246 e. The van der Waals surface area contributed by atoms with E-state index in [-0.39, 0.29) is 12.5 Å². The van der Waals surface area contributed by atoms with Crippen LogP contribution in [0.5, 0.6) is 0 Å². The van der Waals surface area contributed by atoms with Gasteiger partial charge in [0.15, 0.2) is 0 Å². The Kier molecular flexibility index (Phi) is 5.72. The number of ether oxygens (including phenoxy) is 1. The average Bonchev–Trinajstić information content (AvgIpc) is 3.12. The Balaban J connectivity index is 1.88. The van der Waals surface area contributed by atoms with Crippen molar-refractivity contribution in [2.75, 3.05) is 13.2 Å². The Hall–Kier alpha value is -1.21. The van der Waals surface area contributed by atoms with Gasteiger partial charge in [-0.05, 0) is 30.5 Å². The number of rotatable bonds is 7. The number of hydrogen-bond donors (Lipinski definition) is 2. The molecule has 2 aromatic heterocycles. The lowest BCUT2D eigenvalue weighted by molar-refractivity contribution is -0.125. The molecule has 0 aliphatic rings. The molecule has 0 aliphatic heterocycles. The van der Waals surface area contributed by atoms with Crippen LogP contribution >= 0.6 is 22.7 Å². The van der Waals surface area contributed by atoms with Gasteiger partial charge < -0.3 is 15.2 Å². The van der Waals surface area contributed by atoms with E-state index in [0.29, 0.717) is 13.2 Å². The molecule has 0 saturated heterocycles. The highest BCUT2D eigenvalue weighted by molar-refractivity contribution is 7.12. The molecule has 1 amide bonds. The summed E-state index contributed by atoms with van der Waals surface area (Å²) in [5, 5.41) is 14.9. The lowest BCUT2D eigenvalue weighted by Crippen LogP contribution is -2.26. The molecule has 2 aromatic rings. The van der Waals surface area contributed by atoms with Crippen molar-refractivity contribution in [1.29, 1.82) is 0 Å². The molecule has 1 unspecified atom stereocenters. The summed E-state index contributed by atoms with van der Waals surface area (Å²) in [6.45, 7) is 2.94. The molecule has 0 spiro atoms. The summed E-state index contributed by atoms with van der Waals surface area (Å²) in [5.74, 6) is -0.124. The summed E-state index contributed by atoms with van der Waals surface area (Å²) in [7, 11) is 0. The second-order valence-corrected chi connectivity index (χ2v) is 6.32. The van der Waals surface area contributed by atoms with E-state index in [1.165, 1.54) is 22.7 Å². The molecular formula is C14H17NO3S2. The molecule has 108 valence electrons. The zero-order valence-corrected chi connectivity index (χ0v) is 12.8. The fourth-order valence-electron chi connectivity index (χ4n) is 1.66. The van der Waals surface area contributed by atoms with E-state index in [2.05, 4.69) is 5.32 Å². The van der Waals surface area contributed by atoms with Crippen LogP contribution in [0.25, 0.3) is 0 Å². The van der Waals surface area contributed by atoms with Crippen molar-refractivity contribution in [1.82, 2.24) is 5.32 Å². The van der Waals surface area contributed by atoms with Gasteiger partial charge >= 0.3 is 0 Å². The number of carbonyl (C=O) groups excluding carboxylic acids is 1. The molecule has 0 aliphatic carbocycles. The van der Waals surface area contributed by atoms with Gasteiger partial charge in [0.2, 0.25) is 5.91 Å². The molecule has 6 heteroatoms. The standard InChI is InChI=1S/C14H17NO3S2/c1-2-18-9-13(16)15-8-10-5-6-12(20-10)14(17)11-4-3-7-19-11/h3-7,14,17H,2,8-9H2,1H3,(H,15,16). The molecule has 0 fully saturated rings. The van der Waals surface area contributed by atoms with Crippen molar-refractivity contribution in [3.8, 4) is 0 Å². The van der Waals surface area contributed by atoms with Gasteiger partial charge in [-0.2, -0.15) is 0 Å². The average molecular weight is 311 g/mol. The smallest absolute Gasteiger partial charge is 0.246 e. The molecule has 2 heterocycles. The van der Waals surface area contributed by atoms with E-state index < -0.39 is 6.10 Å². The third-order valence-corrected chi connectivity index (χ3v) is 4.72. The van der Waals surface area contributed by atoms with Crippen molar-refractivity contribution < 1.29 is 14.6 Å². The highest BCUT2D eigenvalue weighted by Crippen LogP contribution is 2.30. The van der Waals surface area contributed by atoms with Crippen molar-refractivity contribution in [2.24, 2.45) is 0 Å². The third kappa shape index (κ3) is 4.14. The van der Waals surface area contributed by atoms with E-state index in [1.54, 1.807) is 0 Å². The minimum absolute atomic E-state index is 0.0898. The maximum atomic E-state index is 11.4. The van der Waals surface area contributed by atoms with Gasteiger partial charge in [0.25, 0.3) is 0 Å². The molecule has 4 nitrogen and oxygen atoms in total. The second-order valence-electron chi connectivity index (χ2n) is 4.14. The van der Waals surface area contributed by atoms with Gasteiger partial charge in [-0.1, -0.05) is 6.07 Å². The van der Waals surface area contributed by atoms with Gasteiger partial charge in [-0.25, -0.2) is 0 Å². The molecular weight excluding hydrogens is 294 g/mol. The molecule has 1 atom stereocenters. The summed E-state index contributed by atoms with van der Waals surface area (Å²) in [6.07, 6.45) is -0.576. The predicted molar refractivity (Wildman–Crippen MR) is 81.0 cm³/mol. The minimum Gasteiger partial charge on any atom is -0.382 e. The second kappa shape index (κ2) is 7.54. The van der Waals surface area contributed by atoms with Gasteiger partial charge in [0, 0.05) is 21.2 Å². The Bertz CT molecular complexity index is 536. The Morgan fingerprint density at radius 3 is 2.95 bits per heavy atom. The molecule has 0 radical (unpaired) electrons. The van der Waals surface area contributed by atoms with E-state index in [1.807, 2.05) is 36.6 Å². The highest BCUT2D eigenvalue weighted by Gasteiger charge is 2.14. The summed E-state index contributed by atoms with van der Waals surface area (Å²) in [5.41, 5.74) is 0. The lowest BCUT2D eigenvalue weighted by atomic mass is 10.2. The number of aliphatic hydroxyl groups excluding tert-OH is 1. The normalized spacial score (nSPS) is 12.3. The van der Waals surface area contributed by atoms with Crippen LogP contribution in [0.4, 0.5) is 0 Å². The first kappa shape index (κ1) is 15.2. The quantitative estimate of drug-likeness (QED) is 0.826. The number of carbonyl (C=O) groups is 1. The van der Waals surface area contributed by atoms with Crippen LogP contribution in [0.3, 0.4) is 0 Å². The number of aliphatic hydroxyl groups is 1. The fraction of sp³-hybridized carbons (Fsp3) is 0.357. The third-order valence-electron chi connectivity index (χ3n) is 2.66. The summed E-state index contributed by atoms with van der Waals surface area (Å²) < 4.78 is 5.03. The fourth-order valence-corrected chi connectivity index (χ4v) is 3.41. The van der Waals surface area contributed by atoms with Crippen molar-refractivity contribution in [3.63, 3.8) is 0 Å². The Morgan fingerprint density at radius 2 is 2.25 bits per heavy atom. The predicted octanol–water partition coefficient (Wildman–Crippen LogP) is 2.54. The van der Waals surface area contributed by atoms with E-state index >= 15 is 0 Å². The minimum atomic E-state index is -0.576. The van der Waals surface area contributed by atoms with Gasteiger partial charge in [0.1, 0.15) is 12.7 Å². The first-order valence-electron chi connectivity index (χ1n) is 6.35. The van der Waals surface area contributed by atoms with Crippen LogP contribution in [0.2, 0.25) is 0 Å². The lowest BCUT2D eigenvalue weighted by Gasteiger charge is -2.05. The van der Waals surface area contributed by atoms with Crippen LogP contribution in [-0.4, -0.2) is 24.2 Å². The molecule has 2 rings (SSSR count). The number of nitrogens with one attached hydrogen (secondary N) is 1. The molecule has 2 N–H and O–H groups in total. The first-order valence-corrected chi connectivity index (χ1v) is 8.05. The van der Waals surface area contributed by atoms with Gasteiger partial charge in [-0.15, -0.1) is 22.7 Å². The molecule has 20 heavy (non-hydrogen) atoms. The largest absolute Gasteiger partial charge is 0.382 e. The summed E-state index contributed by atoms with van der Waals surface area (Å²) in [6, 6.07) is 7.67. The van der Waals surface area contributed by atoms with Crippen molar-refractivity contribution in [3.05, 3.63) is 44.3 Å². The highest BCUT2D eigenvalue weighted by atomic mass is 32.1. The summed E-state index contributed by atoms with van der Waals surface area (Å²) in [4.78, 5) is 14.3. The zero-order valence-electron chi connectivity index (χ0n) is 11.2. The van der Waals surface area contributed by atoms with Crippen molar-refractivity contribution in [2.45, 2.75) is 19.6 Å². The SMILES string of the molecule is CCOCC(=O)NCc1ccc(C(O)c2cccs2)s1. The van der Waals surface area contributed by atoms with E-state index in [0.717, 1.165) is 14.6 Å². The van der Waals surface area contributed by atoms with Crippen LogP contribution in [0.15, 0.2) is 29.6 Å². The van der Waals surface area contributed by atoms with Crippen molar-refractivity contribution >= 4 is 28.6 Å². The zero-order chi connectivity index (χ0) is 14.4.